The van der Waals surface area contributed by atoms with E-state index in [4.69, 9.17) is 18.2 Å². The first-order valence-electron chi connectivity index (χ1n) is 3.59. The molecule has 2 rings (SSSR count). The molecule has 3 nitrogen and oxygen atoms in total. The van der Waals surface area contributed by atoms with E-state index in [1.807, 2.05) is 0 Å². The summed E-state index contributed by atoms with van der Waals surface area (Å²) in [5, 5.41) is 1.36. The molecular formula is C9H4ClN3. The maximum absolute atomic E-state index is 6.79. The lowest BCUT2D eigenvalue weighted by atomic mass is 10.2. The minimum absolute atomic E-state index is 0.336. The Morgan fingerprint density at radius 3 is 3.00 bits per heavy atom. The first-order chi connectivity index (χ1) is 6.31. The monoisotopic (exact) mass is 189 g/mol. The zero-order valence-corrected chi connectivity index (χ0v) is 7.28. The van der Waals surface area contributed by atoms with E-state index in [0.717, 1.165) is 5.39 Å². The van der Waals surface area contributed by atoms with Crippen LogP contribution in [0.4, 0.5) is 5.82 Å². The molecule has 4 heteroatoms. The van der Waals surface area contributed by atoms with Gasteiger partial charge < -0.3 is 4.85 Å². The molecule has 2 heterocycles. The fourth-order valence-electron chi connectivity index (χ4n) is 1.07. The van der Waals surface area contributed by atoms with Crippen LogP contribution in [0.3, 0.4) is 0 Å². The molecule has 2 aromatic heterocycles. The summed E-state index contributed by atoms with van der Waals surface area (Å²) in [6.07, 6.45) is 3.17. The van der Waals surface area contributed by atoms with Crippen LogP contribution < -0.4 is 0 Å². The summed E-state index contributed by atoms with van der Waals surface area (Å²) in [7, 11) is 0. The van der Waals surface area contributed by atoms with Gasteiger partial charge in [-0.3, -0.25) is 4.98 Å². The van der Waals surface area contributed by atoms with E-state index >= 15 is 0 Å². The quantitative estimate of drug-likeness (QED) is 0.597. The van der Waals surface area contributed by atoms with Gasteiger partial charge in [-0.05, 0) is 12.1 Å². The van der Waals surface area contributed by atoms with Gasteiger partial charge in [0.15, 0.2) is 0 Å². The lowest BCUT2D eigenvalue weighted by Crippen LogP contribution is -1.80. The van der Waals surface area contributed by atoms with Crippen molar-refractivity contribution in [3.8, 4) is 0 Å². The second kappa shape index (κ2) is 3.00. The van der Waals surface area contributed by atoms with E-state index in [2.05, 4.69) is 14.8 Å². The zero-order valence-electron chi connectivity index (χ0n) is 6.53. The smallest absolute Gasteiger partial charge is 0.270 e. The van der Waals surface area contributed by atoms with Gasteiger partial charge in [0.05, 0.1) is 5.02 Å². The van der Waals surface area contributed by atoms with Gasteiger partial charge in [-0.1, -0.05) is 18.2 Å². The fraction of sp³-hybridized carbons (Fsp3) is 0. The fourth-order valence-corrected chi connectivity index (χ4v) is 1.27. The zero-order chi connectivity index (χ0) is 9.26. The maximum atomic E-state index is 6.79. The number of hydrogen-bond donors (Lipinski definition) is 0. The third kappa shape index (κ3) is 1.32. The van der Waals surface area contributed by atoms with Gasteiger partial charge in [-0.2, -0.15) is 0 Å². The number of pyridine rings is 2. The minimum Gasteiger partial charge on any atom is -0.361 e. The number of halogens is 1. The third-order valence-electron chi connectivity index (χ3n) is 1.67. The van der Waals surface area contributed by atoms with Gasteiger partial charge in [0.25, 0.3) is 5.82 Å². The minimum atomic E-state index is 0.336. The van der Waals surface area contributed by atoms with Crippen molar-refractivity contribution in [1.29, 1.82) is 0 Å². The van der Waals surface area contributed by atoms with E-state index in [1.165, 1.54) is 0 Å². The van der Waals surface area contributed by atoms with Crippen LogP contribution in [-0.2, 0) is 0 Å². The van der Waals surface area contributed by atoms with Gasteiger partial charge in [0.2, 0.25) is 0 Å². The summed E-state index contributed by atoms with van der Waals surface area (Å²) in [6, 6.07) is 3.33. The normalized spacial score (nSPS) is 9.85. The molecule has 0 atom stereocenters. The molecule has 0 spiro atoms. The highest BCUT2D eigenvalue weighted by Crippen LogP contribution is 2.23. The van der Waals surface area contributed by atoms with E-state index in [1.54, 1.807) is 24.5 Å². The molecule has 0 aromatic carbocycles. The van der Waals surface area contributed by atoms with E-state index in [9.17, 15) is 0 Å². The second-order valence-corrected chi connectivity index (χ2v) is 2.87. The average Bonchev–Trinajstić information content (AvgIpc) is 2.18. The molecule has 0 amide bonds. The van der Waals surface area contributed by atoms with Crippen LogP contribution in [0.1, 0.15) is 0 Å². The second-order valence-electron chi connectivity index (χ2n) is 2.46. The van der Waals surface area contributed by atoms with Gasteiger partial charge >= 0.3 is 0 Å². The van der Waals surface area contributed by atoms with Gasteiger partial charge in [-0.25, -0.2) is 0 Å². The van der Waals surface area contributed by atoms with Crippen molar-refractivity contribution in [2.45, 2.75) is 0 Å². The Kier molecular flexibility index (Phi) is 1.84. The Hall–Kier alpha value is -1.66. The lowest BCUT2D eigenvalue weighted by Gasteiger charge is -1.96. The average molecular weight is 190 g/mol. The summed E-state index contributed by atoms with van der Waals surface area (Å²) in [5.74, 6) is 0.336. The van der Waals surface area contributed by atoms with Crippen molar-refractivity contribution >= 4 is 28.3 Å². The van der Waals surface area contributed by atoms with Gasteiger partial charge in [0.1, 0.15) is 11.7 Å². The first-order valence-corrected chi connectivity index (χ1v) is 3.97. The predicted octanol–water partition coefficient (Wildman–Crippen LogP) is 2.83. The molecule has 0 radical (unpaired) electrons. The van der Waals surface area contributed by atoms with Gasteiger partial charge in [0, 0.05) is 11.6 Å². The molecule has 0 unspecified atom stereocenters. The van der Waals surface area contributed by atoms with Crippen molar-refractivity contribution in [1.82, 2.24) is 9.97 Å². The number of hydrogen-bond acceptors (Lipinski definition) is 2. The van der Waals surface area contributed by atoms with E-state index in [-0.39, 0.29) is 0 Å². The molecular weight excluding hydrogens is 186 g/mol. The van der Waals surface area contributed by atoms with Gasteiger partial charge in [-0.15, -0.1) is 4.98 Å². The highest BCUT2D eigenvalue weighted by Gasteiger charge is 2.02. The number of fused-ring (bicyclic) bond motifs is 1. The standard InChI is InChI=1S/C9H4ClN3/c1-11-9-4-6-7(10)2-3-12-8(6)5-13-9/h2-5H. The maximum Gasteiger partial charge on any atom is 0.270 e. The molecule has 0 aliphatic rings. The first kappa shape index (κ1) is 7.96. The molecule has 13 heavy (non-hydrogen) atoms. The van der Waals surface area contributed by atoms with Crippen molar-refractivity contribution in [2.75, 3.05) is 0 Å². The number of rotatable bonds is 0. The van der Waals surface area contributed by atoms with Crippen molar-refractivity contribution in [3.63, 3.8) is 0 Å². The Balaban J connectivity index is 2.84. The Labute approximate surface area is 79.8 Å². The van der Waals surface area contributed by atoms with Crippen molar-refractivity contribution in [2.24, 2.45) is 0 Å². The van der Waals surface area contributed by atoms with E-state index < -0.39 is 0 Å². The molecule has 0 aliphatic heterocycles. The summed E-state index contributed by atoms with van der Waals surface area (Å²) in [5.41, 5.74) is 0.708. The molecule has 0 bridgehead atoms. The van der Waals surface area contributed by atoms with Crippen molar-refractivity contribution < 1.29 is 0 Å². The molecule has 0 aliphatic carbocycles. The Bertz CT molecular complexity index is 502. The summed E-state index contributed by atoms with van der Waals surface area (Å²) in [6.45, 7) is 6.79. The Morgan fingerprint density at radius 1 is 1.38 bits per heavy atom. The highest BCUT2D eigenvalue weighted by atomic mass is 35.5. The Morgan fingerprint density at radius 2 is 2.23 bits per heavy atom. The predicted molar refractivity (Wildman–Crippen MR) is 50.8 cm³/mol. The molecule has 2 aromatic rings. The number of nitrogens with zero attached hydrogens (tertiary/aromatic N) is 3. The molecule has 0 saturated heterocycles. The van der Waals surface area contributed by atoms with Crippen LogP contribution in [0.2, 0.25) is 5.02 Å². The van der Waals surface area contributed by atoms with Crippen LogP contribution in [-0.4, -0.2) is 9.97 Å². The van der Waals surface area contributed by atoms with Crippen molar-refractivity contribution in [3.05, 3.63) is 41.0 Å². The van der Waals surface area contributed by atoms with Crippen LogP contribution in [0.15, 0.2) is 24.5 Å². The van der Waals surface area contributed by atoms with Crippen LogP contribution in [0, 0.1) is 6.57 Å². The highest BCUT2D eigenvalue weighted by molar-refractivity contribution is 6.35. The molecule has 62 valence electrons. The topological polar surface area (TPSA) is 30.1 Å². The SMILES string of the molecule is [C-]#[N+]c1cc2c(Cl)ccnc2cn1. The van der Waals surface area contributed by atoms with Crippen LogP contribution >= 0.6 is 11.6 Å². The van der Waals surface area contributed by atoms with Crippen LogP contribution in [0.5, 0.6) is 0 Å². The van der Waals surface area contributed by atoms with E-state index in [0.29, 0.717) is 16.4 Å². The lowest BCUT2D eigenvalue weighted by molar-refractivity contribution is 1.33. The summed E-state index contributed by atoms with van der Waals surface area (Å²) in [4.78, 5) is 11.2. The summed E-state index contributed by atoms with van der Waals surface area (Å²) >= 11 is 5.92. The molecule has 0 N–H and O–H groups in total. The molecule has 0 saturated carbocycles. The number of aromatic nitrogens is 2. The largest absolute Gasteiger partial charge is 0.361 e. The molecule has 0 fully saturated rings. The van der Waals surface area contributed by atoms with Crippen LogP contribution in [0.25, 0.3) is 15.7 Å². The summed E-state index contributed by atoms with van der Waals surface area (Å²) < 4.78 is 0. The third-order valence-corrected chi connectivity index (χ3v) is 2.00.